The van der Waals surface area contributed by atoms with Crippen molar-refractivity contribution in [1.29, 1.82) is 0 Å². The maximum absolute atomic E-state index is 10.6. The molecule has 3 aromatic rings. The Bertz CT molecular complexity index is 711. The molecule has 0 N–H and O–H groups in total. The normalized spacial score (nSPS) is 10.9. The summed E-state index contributed by atoms with van der Waals surface area (Å²) in [6.07, 6.45) is 2.68. The van der Waals surface area contributed by atoms with Crippen LogP contribution in [0.5, 0.6) is 0 Å². The molecule has 90 valence electrons. The topological polar surface area (TPSA) is 35.1 Å². The highest BCUT2D eigenvalue weighted by Gasteiger charge is 2.05. The Hall–Kier alpha value is -2.00. The van der Waals surface area contributed by atoms with Gasteiger partial charge in [0.05, 0.1) is 6.54 Å². The Morgan fingerprint density at radius 3 is 2.89 bits per heavy atom. The Balaban J connectivity index is 1.97. The van der Waals surface area contributed by atoms with Crippen molar-refractivity contribution in [3.8, 4) is 0 Å². The molecular formula is C14H10ClNO2. The second kappa shape index (κ2) is 4.35. The quantitative estimate of drug-likeness (QED) is 0.672. The van der Waals surface area contributed by atoms with Crippen LogP contribution in [0.15, 0.2) is 47.0 Å². The zero-order chi connectivity index (χ0) is 12.5. The number of carbonyl (C=O) groups excluding carboxylic acids is 1. The number of rotatable bonds is 3. The molecular weight excluding hydrogens is 250 g/mol. The van der Waals surface area contributed by atoms with Crippen LogP contribution in [0.2, 0.25) is 5.02 Å². The molecule has 2 heterocycles. The summed E-state index contributed by atoms with van der Waals surface area (Å²) in [4.78, 5) is 10.6. The van der Waals surface area contributed by atoms with Gasteiger partial charge in [-0.25, -0.2) is 0 Å². The number of nitrogens with zero attached hydrogens (tertiary/aromatic N) is 1. The number of hydrogen-bond acceptors (Lipinski definition) is 2. The highest BCUT2D eigenvalue weighted by Crippen LogP contribution is 2.21. The molecule has 0 aliphatic carbocycles. The fourth-order valence-corrected chi connectivity index (χ4v) is 2.20. The number of halogens is 1. The van der Waals surface area contributed by atoms with Gasteiger partial charge in [0, 0.05) is 22.1 Å². The average Bonchev–Trinajstić information content (AvgIpc) is 2.97. The van der Waals surface area contributed by atoms with Gasteiger partial charge >= 0.3 is 0 Å². The number of hydrogen-bond donors (Lipinski definition) is 0. The van der Waals surface area contributed by atoms with E-state index >= 15 is 0 Å². The first-order valence-electron chi connectivity index (χ1n) is 5.54. The van der Waals surface area contributed by atoms with Gasteiger partial charge in [-0.3, -0.25) is 4.79 Å². The van der Waals surface area contributed by atoms with Crippen LogP contribution in [-0.2, 0) is 6.54 Å². The highest BCUT2D eigenvalue weighted by molar-refractivity contribution is 6.31. The summed E-state index contributed by atoms with van der Waals surface area (Å²) < 4.78 is 7.42. The third-order valence-corrected chi connectivity index (χ3v) is 3.09. The summed E-state index contributed by atoms with van der Waals surface area (Å²) in [5.41, 5.74) is 1.09. The van der Waals surface area contributed by atoms with Gasteiger partial charge in [-0.15, -0.1) is 0 Å². The van der Waals surface area contributed by atoms with Crippen LogP contribution >= 0.6 is 11.6 Å². The van der Waals surface area contributed by atoms with Crippen molar-refractivity contribution in [2.75, 3.05) is 0 Å². The summed E-state index contributed by atoms with van der Waals surface area (Å²) in [7, 11) is 0. The van der Waals surface area contributed by atoms with E-state index in [4.69, 9.17) is 16.0 Å². The lowest BCUT2D eigenvalue weighted by Crippen LogP contribution is -1.95. The molecule has 0 spiro atoms. The first-order chi connectivity index (χ1) is 8.76. The van der Waals surface area contributed by atoms with Gasteiger partial charge in [0.25, 0.3) is 0 Å². The van der Waals surface area contributed by atoms with Crippen LogP contribution in [0.25, 0.3) is 10.9 Å². The van der Waals surface area contributed by atoms with Gasteiger partial charge in [0.1, 0.15) is 5.76 Å². The average molecular weight is 260 g/mol. The van der Waals surface area contributed by atoms with Gasteiger partial charge < -0.3 is 8.98 Å². The monoisotopic (exact) mass is 259 g/mol. The molecule has 0 bridgehead atoms. The van der Waals surface area contributed by atoms with Crippen LogP contribution in [0.1, 0.15) is 16.3 Å². The molecule has 2 aromatic heterocycles. The second-order valence-corrected chi connectivity index (χ2v) is 4.51. The number of carbonyl (C=O) groups is 1. The van der Waals surface area contributed by atoms with Crippen molar-refractivity contribution < 1.29 is 9.21 Å². The lowest BCUT2D eigenvalue weighted by atomic mass is 10.2. The molecule has 0 amide bonds. The lowest BCUT2D eigenvalue weighted by Gasteiger charge is -2.02. The predicted octanol–water partition coefficient (Wildman–Crippen LogP) is 3.75. The maximum Gasteiger partial charge on any atom is 0.185 e. The Morgan fingerprint density at radius 2 is 2.11 bits per heavy atom. The van der Waals surface area contributed by atoms with E-state index in [1.807, 2.05) is 36.5 Å². The minimum atomic E-state index is 0.351. The van der Waals surface area contributed by atoms with Crippen LogP contribution < -0.4 is 0 Å². The Kier molecular flexibility index (Phi) is 2.68. The summed E-state index contributed by atoms with van der Waals surface area (Å²) in [5.74, 6) is 1.11. The summed E-state index contributed by atoms with van der Waals surface area (Å²) in [5, 5.41) is 1.81. The van der Waals surface area contributed by atoms with E-state index in [9.17, 15) is 4.79 Å². The lowest BCUT2D eigenvalue weighted by molar-refractivity contribution is 0.109. The molecule has 0 aliphatic heterocycles. The summed E-state index contributed by atoms with van der Waals surface area (Å²) in [6, 6.07) is 11.2. The maximum atomic E-state index is 10.6. The van der Waals surface area contributed by atoms with Gasteiger partial charge in [0.2, 0.25) is 0 Å². The van der Waals surface area contributed by atoms with Gasteiger partial charge in [0.15, 0.2) is 12.0 Å². The van der Waals surface area contributed by atoms with Crippen molar-refractivity contribution in [1.82, 2.24) is 4.57 Å². The molecule has 0 fully saturated rings. The molecule has 3 nitrogen and oxygen atoms in total. The van der Waals surface area contributed by atoms with Crippen LogP contribution in [0, 0.1) is 0 Å². The molecule has 18 heavy (non-hydrogen) atoms. The first-order valence-corrected chi connectivity index (χ1v) is 5.92. The number of fused-ring (bicyclic) bond motifs is 1. The molecule has 0 saturated carbocycles. The van der Waals surface area contributed by atoms with Crippen LogP contribution in [-0.4, -0.2) is 10.9 Å². The van der Waals surface area contributed by atoms with Crippen molar-refractivity contribution >= 4 is 28.8 Å². The molecule has 1 aromatic carbocycles. The zero-order valence-electron chi connectivity index (χ0n) is 9.47. The number of aromatic nitrogens is 1. The van der Waals surface area contributed by atoms with Crippen molar-refractivity contribution in [2.24, 2.45) is 0 Å². The Morgan fingerprint density at radius 1 is 1.22 bits per heavy atom. The molecule has 4 heteroatoms. The third kappa shape index (κ3) is 1.93. The van der Waals surface area contributed by atoms with Crippen molar-refractivity contribution in [3.63, 3.8) is 0 Å². The second-order valence-electron chi connectivity index (χ2n) is 4.07. The standard InChI is InChI=1S/C14H10ClNO2/c15-11-1-4-14-10(7-11)5-6-16(14)8-12-2-3-13(9-17)18-12/h1-7,9H,8H2. The molecule has 0 atom stereocenters. The SMILES string of the molecule is O=Cc1ccc(Cn2ccc3cc(Cl)ccc32)o1. The first kappa shape index (κ1) is 11.1. The van der Waals surface area contributed by atoms with Crippen molar-refractivity contribution in [3.05, 3.63) is 59.1 Å². The van der Waals surface area contributed by atoms with E-state index in [0.29, 0.717) is 18.6 Å². The van der Waals surface area contributed by atoms with Crippen LogP contribution in [0.4, 0.5) is 0 Å². The number of furan rings is 1. The fraction of sp³-hybridized carbons (Fsp3) is 0.0714. The van der Waals surface area contributed by atoms with E-state index in [2.05, 4.69) is 4.57 Å². The molecule has 0 aliphatic rings. The van der Waals surface area contributed by atoms with Crippen LogP contribution in [0.3, 0.4) is 0 Å². The molecule has 0 saturated heterocycles. The van der Waals surface area contributed by atoms with E-state index in [-0.39, 0.29) is 0 Å². The summed E-state index contributed by atoms with van der Waals surface area (Å²) >= 11 is 5.94. The third-order valence-electron chi connectivity index (χ3n) is 2.86. The highest BCUT2D eigenvalue weighted by atomic mass is 35.5. The number of benzene rings is 1. The number of aldehydes is 1. The minimum Gasteiger partial charge on any atom is -0.456 e. The Labute approximate surface area is 109 Å². The molecule has 0 radical (unpaired) electrons. The van der Waals surface area contributed by atoms with E-state index in [1.54, 1.807) is 6.07 Å². The zero-order valence-corrected chi connectivity index (χ0v) is 10.2. The van der Waals surface area contributed by atoms with Gasteiger partial charge in [-0.2, -0.15) is 0 Å². The molecule has 0 unspecified atom stereocenters. The van der Waals surface area contributed by atoms with Gasteiger partial charge in [-0.1, -0.05) is 11.6 Å². The van der Waals surface area contributed by atoms with E-state index in [0.717, 1.165) is 21.7 Å². The summed E-state index contributed by atoms with van der Waals surface area (Å²) in [6.45, 7) is 0.596. The smallest absolute Gasteiger partial charge is 0.185 e. The van der Waals surface area contributed by atoms with Gasteiger partial charge in [-0.05, 0) is 36.4 Å². The predicted molar refractivity (Wildman–Crippen MR) is 70.1 cm³/mol. The minimum absolute atomic E-state index is 0.351. The molecule has 3 rings (SSSR count). The van der Waals surface area contributed by atoms with Crippen molar-refractivity contribution in [2.45, 2.75) is 6.54 Å². The fourth-order valence-electron chi connectivity index (χ4n) is 2.02. The largest absolute Gasteiger partial charge is 0.456 e. The van der Waals surface area contributed by atoms with E-state index < -0.39 is 0 Å². The van der Waals surface area contributed by atoms with E-state index in [1.165, 1.54) is 0 Å².